The highest BCUT2D eigenvalue weighted by molar-refractivity contribution is 7.05. The summed E-state index contributed by atoms with van der Waals surface area (Å²) >= 11 is 0. The molecule has 0 aromatic heterocycles. The molecular weight excluding hydrogens is 1780 g/mol. The van der Waals surface area contributed by atoms with Crippen LogP contribution < -0.4 is 77.9 Å². The maximum Gasteiger partial charge on any atom is 0.261 e. The lowest BCUT2D eigenvalue weighted by molar-refractivity contribution is 0.468. The smallest absolute Gasteiger partial charge is 0.261 e. The fourth-order valence-corrected chi connectivity index (χ4v) is 23.9. The number of anilines is 6. The largest absolute Gasteiger partial charge is 0.459 e. The van der Waals surface area contributed by atoms with E-state index in [4.69, 9.17) is 18.9 Å². The monoisotopic (exact) mass is 1880 g/mol. The van der Waals surface area contributed by atoms with Gasteiger partial charge in [-0.25, -0.2) is 0 Å². The van der Waals surface area contributed by atoms with Crippen molar-refractivity contribution in [2.24, 2.45) is 0 Å². The lowest BCUT2D eigenvalue weighted by atomic mass is 9.28. The third-order valence-electron chi connectivity index (χ3n) is 31.1. The van der Waals surface area contributed by atoms with Gasteiger partial charge in [0.25, 0.3) is 20.1 Å². The van der Waals surface area contributed by atoms with Gasteiger partial charge in [0.05, 0.1) is 22.7 Å². The Balaban J connectivity index is 0.912. The number of hydrogen-bond donors (Lipinski definition) is 0. The van der Waals surface area contributed by atoms with E-state index in [9.17, 15) is 0 Å². The molecule has 0 spiro atoms. The van der Waals surface area contributed by atoms with E-state index in [1.165, 1.54) is 11.1 Å². The Morgan fingerprint density at radius 3 is 0.694 bits per heavy atom. The number of ether oxygens (including phenoxy) is 4. The average molecular weight is 1890 g/mol. The first kappa shape index (κ1) is 88.5. The van der Waals surface area contributed by atoms with Crippen molar-refractivity contribution in [3.63, 3.8) is 0 Å². The molecule has 6 heterocycles. The van der Waals surface area contributed by atoms with Gasteiger partial charge in [-0.3, -0.25) is 0 Å². The SMILES string of the molecule is CC(C)(C)c1cc(-c2ccccc2)c(N2c3cc(C(C)(C)C)cc4c3B(c3c5c6c(c(-c7ccccc7)c32)Oc2c(cc(-c3ccccc3)cc2-c2ccccc2)B6c2cc(-c3ccccc3)ccc2O5)c2c3c5c(c(-c6ccccc6)c2N4c2c(-c4ccccc4)cc(C(C)(C)C)cc2-c2ccccc2)Oc2c(cc(-c4ccccc4)cc2-c2ccccc2)B5c2cc(-c4ccccc4)ccc2O3)c(-c2ccccc2)c1. The Hall–Kier alpha value is -17.4. The van der Waals surface area contributed by atoms with Crippen molar-refractivity contribution >= 4 is 103 Å². The van der Waals surface area contributed by atoms with Crippen molar-refractivity contribution < 1.29 is 18.9 Å². The second-order valence-electron chi connectivity index (χ2n) is 43.1. The highest BCUT2D eigenvalue weighted by Crippen LogP contribution is 2.63. The van der Waals surface area contributed by atoms with Gasteiger partial charge in [-0.2, -0.15) is 0 Å². The quantitative estimate of drug-likeness (QED) is 0.101. The predicted octanol–water partition coefficient (Wildman–Crippen LogP) is 31.1. The number of nitrogens with zero attached hydrogens (tertiary/aromatic N) is 2. The van der Waals surface area contributed by atoms with E-state index < -0.39 is 25.6 Å². The summed E-state index contributed by atoms with van der Waals surface area (Å²) in [6.07, 6.45) is 0. The second-order valence-corrected chi connectivity index (χ2v) is 43.1. The molecule has 0 radical (unpaired) electrons. The summed E-state index contributed by atoms with van der Waals surface area (Å²) in [4.78, 5) is 5.50. The molecule has 0 atom stereocenters. The summed E-state index contributed by atoms with van der Waals surface area (Å²) in [5, 5.41) is 0. The number of fused-ring (bicyclic) bond motifs is 14. The molecule has 27 rings (SSSR count). The van der Waals surface area contributed by atoms with Gasteiger partial charge in [0.15, 0.2) is 0 Å². The first-order valence-corrected chi connectivity index (χ1v) is 51.5. The third kappa shape index (κ3) is 14.7. The van der Waals surface area contributed by atoms with Crippen molar-refractivity contribution in [2.75, 3.05) is 9.80 Å². The number of hydrogen-bond acceptors (Lipinski definition) is 6. The summed E-state index contributed by atoms with van der Waals surface area (Å²) < 4.78 is 35.3. The van der Waals surface area contributed by atoms with Crippen LogP contribution in [0.15, 0.2) is 461 Å². The normalized spacial score (nSPS) is 13.1. The molecule has 21 aromatic rings. The molecule has 698 valence electrons. The Bertz CT molecular complexity index is 8220. The van der Waals surface area contributed by atoms with Crippen LogP contribution in [-0.2, 0) is 16.2 Å². The molecule has 0 amide bonds. The molecular formula is C138H103B3N2O4. The summed E-state index contributed by atoms with van der Waals surface area (Å²) in [6.45, 7) is 19.4. The standard InChI is InChI=1S/C138H103B3N2O4/c1-136(2,3)102-80-105(90-54-30-14-31-55-90)126(106(81-102)91-56-32-15-33-57-91)142-115-84-104(138(7,8)9)85-116-121(115)141(122-128(142)119(96-66-42-20-43-67-96)132-124-134(122)144-117-72-70-98(86-46-22-10-23-47-86)76-111(117)139(124)113-78-100(88-50-26-12-27-51-88)74-109(130(113)146-132)94-62-38-18-39-63-94)123-129(143(116)127-107(92-58-34-16-35-59-92)82-103(137(4,5)6)83-108(127)93-60-36-17-37-61-93)120(97-68-44-21-45-69-97)133-125-135(123)145-118-73-71-99(87-48-24-11-25-49-87)77-112(118)140(125)114-79-101(89-52-28-13-29-53-89)75-110(131(114)147-133)95-64-40-19-41-65-95/h10-85H,1-9H3. The number of rotatable bonds is 14. The molecule has 0 unspecified atom stereocenters. The molecule has 0 fully saturated rings. The van der Waals surface area contributed by atoms with Gasteiger partial charge < -0.3 is 28.7 Å². The molecule has 0 bridgehead atoms. The second kappa shape index (κ2) is 34.7. The molecule has 0 saturated carbocycles. The maximum atomic E-state index is 8.86. The highest BCUT2D eigenvalue weighted by Gasteiger charge is 2.58. The molecule has 147 heavy (non-hydrogen) atoms. The van der Waals surface area contributed by atoms with Gasteiger partial charge >= 0.3 is 0 Å². The molecule has 21 aromatic carbocycles. The first-order valence-electron chi connectivity index (χ1n) is 51.5. The van der Waals surface area contributed by atoms with Gasteiger partial charge in [0, 0.05) is 66.8 Å². The molecule has 9 heteroatoms. The van der Waals surface area contributed by atoms with Crippen LogP contribution in [-0.4, -0.2) is 20.1 Å². The van der Waals surface area contributed by atoms with E-state index in [-0.39, 0.29) is 10.8 Å². The van der Waals surface area contributed by atoms with E-state index in [1.807, 2.05) is 0 Å². The molecule has 6 aliphatic heterocycles. The lowest BCUT2D eigenvalue weighted by Gasteiger charge is -2.50. The van der Waals surface area contributed by atoms with E-state index >= 15 is 0 Å². The van der Waals surface area contributed by atoms with E-state index in [0.29, 0.717) is 23.0 Å². The Labute approximate surface area is 861 Å². The van der Waals surface area contributed by atoms with Crippen LogP contribution in [0.1, 0.15) is 79.0 Å². The van der Waals surface area contributed by atoms with Crippen molar-refractivity contribution in [1.29, 1.82) is 0 Å². The molecule has 0 aliphatic carbocycles. The number of benzene rings is 21. The third-order valence-corrected chi connectivity index (χ3v) is 31.1. The van der Waals surface area contributed by atoms with Crippen LogP contribution >= 0.6 is 0 Å². The molecule has 0 saturated heterocycles. The fourth-order valence-electron chi connectivity index (χ4n) is 23.9. The van der Waals surface area contributed by atoms with Crippen LogP contribution in [0.3, 0.4) is 0 Å². The van der Waals surface area contributed by atoms with Crippen molar-refractivity contribution in [1.82, 2.24) is 0 Å². The van der Waals surface area contributed by atoms with Crippen LogP contribution in [0, 0.1) is 0 Å². The summed E-state index contributed by atoms with van der Waals surface area (Å²) in [6, 6.07) is 172. The first-order chi connectivity index (χ1) is 71.9. The van der Waals surface area contributed by atoms with Crippen molar-refractivity contribution in [3.05, 3.63) is 478 Å². The molecule has 0 N–H and O–H groups in total. The average Bonchev–Trinajstić information content (AvgIpc) is 0.657. The maximum absolute atomic E-state index is 8.86. The summed E-state index contributed by atoms with van der Waals surface area (Å²) in [5.41, 5.74) is 41.5. The minimum atomic E-state index is -0.846. The topological polar surface area (TPSA) is 43.4 Å². The lowest BCUT2D eigenvalue weighted by Crippen LogP contribution is -2.67. The minimum Gasteiger partial charge on any atom is -0.459 e. The Morgan fingerprint density at radius 2 is 0.415 bits per heavy atom. The van der Waals surface area contributed by atoms with Gasteiger partial charge in [-0.15, -0.1) is 0 Å². The fraction of sp³-hybridized carbons (Fsp3) is 0.0870. The van der Waals surface area contributed by atoms with Gasteiger partial charge in [0.1, 0.15) is 46.0 Å². The van der Waals surface area contributed by atoms with E-state index in [2.05, 4.69) is 533 Å². The Morgan fingerprint density at radius 1 is 0.170 bits per heavy atom. The predicted molar refractivity (Wildman–Crippen MR) is 617 cm³/mol. The van der Waals surface area contributed by atoms with Crippen LogP contribution in [0.2, 0.25) is 0 Å². The van der Waals surface area contributed by atoms with Crippen LogP contribution in [0.25, 0.3) is 134 Å². The van der Waals surface area contributed by atoms with Crippen molar-refractivity contribution in [3.8, 4) is 180 Å². The van der Waals surface area contributed by atoms with Crippen LogP contribution in [0.4, 0.5) is 34.1 Å². The van der Waals surface area contributed by atoms with Gasteiger partial charge in [-0.05, 0) is 221 Å². The zero-order valence-corrected chi connectivity index (χ0v) is 83.6. The van der Waals surface area contributed by atoms with Gasteiger partial charge in [0.2, 0.25) is 0 Å². The van der Waals surface area contributed by atoms with Crippen molar-refractivity contribution in [2.45, 2.75) is 78.6 Å². The minimum absolute atomic E-state index is 0.359. The van der Waals surface area contributed by atoms with E-state index in [1.54, 1.807) is 0 Å². The zero-order chi connectivity index (χ0) is 98.8. The summed E-state index contributed by atoms with van der Waals surface area (Å²) in [5.74, 6) is 5.79. The molecule has 6 aliphatic rings. The van der Waals surface area contributed by atoms with Gasteiger partial charge in [-0.1, -0.05) is 463 Å². The summed E-state index contributed by atoms with van der Waals surface area (Å²) in [7, 11) is 0. The zero-order valence-electron chi connectivity index (χ0n) is 83.6. The van der Waals surface area contributed by atoms with E-state index in [0.717, 1.165) is 245 Å². The van der Waals surface area contributed by atoms with Crippen LogP contribution in [0.5, 0.6) is 46.0 Å². The highest BCUT2D eigenvalue weighted by atomic mass is 16.5. The molecule has 6 nitrogen and oxygen atoms in total. The Kier molecular flexibility index (Phi) is 20.9.